The fourth-order valence-corrected chi connectivity index (χ4v) is 2.00. The summed E-state index contributed by atoms with van der Waals surface area (Å²) in [5.41, 5.74) is 7.66. The Hall–Kier alpha value is -2.62. The van der Waals surface area contributed by atoms with E-state index in [2.05, 4.69) is 10.2 Å². The molecule has 0 amide bonds. The number of nitrogens with zero attached hydrogens (tertiary/aromatic N) is 3. The second-order valence-electron chi connectivity index (χ2n) is 5.23. The van der Waals surface area contributed by atoms with E-state index < -0.39 is 12.1 Å². The molecule has 10 heteroatoms. The molecule has 0 bridgehead atoms. The van der Waals surface area contributed by atoms with Crippen LogP contribution in [0, 0.1) is 0 Å². The van der Waals surface area contributed by atoms with E-state index in [1.54, 1.807) is 6.07 Å². The summed E-state index contributed by atoms with van der Waals surface area (Å²) in [5.74, 6) is -0.934. The molecule has 138 valence electrons. The second kappa shape index (κ2) is 7.97. The predicted octanol–water partition coefficient (Wildman–Crippen LogP) is 2.40. The van der Waals surface area contributed by atoms with E-state index in [4.69, 9.17) is 15.6 Å². The fourth-order valence-electron chi connectivity index (χ4n) is 2.00. The molecule has 0 spiro atoms. The summed E-state index contributed by atoms with van der Waals surface area (Å²) in [4.78, 5) is 8.90. The monoisotopic (exact) mass is 360 g/mol. The molecule has 0 radical (unpaired) electrons. The Morgan fingerprint density at radius 3 is 2.32 bits per heavy atom. The Morgan fingerprint density at radius 2 is 1.92 bits per heavy atom. The number of carboxylic acids is 1. The molecule has 7 nitrogen and oxygen atoms in total. The van der Waals surface area contributed by atoms with Crippen LogP contribution in [-0.2, 0) is 18.3 Å². The number of phenolic OH excluding ortho intramolecular Hbond substituents is 1. The average molecular weight is 360 g/mol. The molecule has 1 heterocycles. The Kier molecular flexibility index (Phi) is 6.51. The Morgan fingerprint density at radius 1 is 1.36 bits per heavy atom. The van der Waals surface area contributed by atoms with Gasteiger partial charge in [0.25, 0.3) is 0 Å². The number of nitrogens with two attached hydrogens (primary N) is 1. The number of hydrogen-bond acceptors (Lipinski definition) is 5. The summed E-state index contributed by atoms with van der Waals surface area (Å²) in [6.45, 7) is 3.88. The summed E-state index contributed by atoms with van der Waals surface area (Å²) >= 11 is 0. The molecule has 0 aliphatic heterocycles. The van der Waals surface area contributed by atoms with E-state index in [1.165, 1.54) is 0 Å². The van der Waals surface area contributed by atoms with E-state index in [0.717, 1.165) is 29.2 Å². The minimum atomic E-state index is -5.08. The third-order valence-electron chi connectivity index (χ3n) is 3.28. The topological polar surface area (TPSA) is 114 Å². The van der Waals surface area contributed by atoms with Gasteiger partial charge >= 0.3 is 12.1 Å². The number of benzene rings is 1. The van der Waals surface area contributed by atoms with Gasteiger partial charge in [-0.3, -0.25) is 0 Å². The van der Waals surface area contributed by atoms with Gasteiger partial charge in [-0.2, -0.15) is 13.2 Å². The molecule has 0 saturated heterocycles. The van der Waals surface area contributed by atoms with Crippen molar-refractivity contribution in [3.8, 4) is 17.1 Å². The molecule has 0 aliphatic rings. The largest absolute Gasteiger partial charge is 0.508 e. The molecule has 0 fully saturated rings. The quantitative estimate of drug-likeness (QED) is 0.774. The van der Waals surface area contributed by atoms with Crippen LogP contribution in [0.1, 0.15) is 31.3 Å². The van der Waals surface area contributed by atoms with Crippen LogP contribution in [0.15, 0.2) is 18.2 Å². The van der Waals surface area contributed by atoms with Crippen molar-refractivity contribution in [3.05, 3.63) is 29.6 Å². The Labute approximate surface area is 141 Å². The molecule has 0 unspecified atom stereocenters. The molecular weight excluding hydrogens is 341 g/mol. The molecule has 0 saturated carbocycles. The summed E-state index contributed by atoms with van der Waals surface area (Å²) < 4.78 is 33.6. The number of alkyl halides is 3. The first-order valence-corrected chi connectivity index (χ1v) is 7.26. The summed E-state index contributed by atoms with van der Waals surface area (Å²) in [7, 11) is 1.90. The van der Waals surface area contributed by atoms with E-state index >= 15 is 0 Å². The standard InChI is InChI=1S/C13H18N4O.C2HF3O2/c1-4-9-7-10(5-6-11(9)18)13-16-15-12(8(2)14)17(13)3;3-2(4,5)1(6)7/h5-8,18H,4,14H2,1-3H3;(H,6,7)/t8-;/m1./s1. The maximum absolute atomic E-state index is 10.6. The third-order valence-corrected chi connectivity index (χ3v) is 3.28. The molecule has 2 aromatic rings. The number of carbonyl (C=O) groups is 1. The van der Waals surface area contributed by atoms with E-state index in [-0.39, 0.29) is 6.04 Å². The van der Waals surface area contributed by atoms with Crippen molar-refractivity contribution in [1.29, 1.82) is 0 Å². The van der Waals surface area contributed by atoms with Crippen LogP contribution in [-0.4, -0.2) is 37.1 Å². The lowest BCUT2D eigenvalue weighted by atomic mass is 10.1. The number of aliphatic carboxylic acids is 1. The first-order chi connectivity index (χ1) is 11.5. The minimum Gasteiger partial charge on any atom is -0.508 e. The van der Waals surface area contributed by atoms with Gasteiger partial charge in [-0.25, -0.2) is 4.79 Å². The molecule has 1 aromatic heterocycles. The van der Waals surface area contributed by atoms with Gasteiger partial charge in [-0.05, 0) is 37.1 Å². The number of aromatic hydroxyl groups is 1. The number of aromatic nitrogens is 3. The third kappa shape index (κ3) is 5.18. The maximum Gasteiger partial charge on any atom is 0.490 e. The van der Waals surface area contributed by atoms with Crippen LogP contribution in [0.3, 0.4) is 0 Å². The van der Waals surface area contributed by atoms with Crippen molar-refractivity contribution >= 4 is 5.97 Å². The number of carboxylic acid groups (broad SMARTS) is 1. The normalized spacial score (nSPS) is 12.3. The van der Waals surface area contributed by atoms with Crippen molar-refractivity contribution in [3.63, 3.8) is 0 Å². The highest BCUT2D eigenvalue weighted by Crippen LogP contribution is 2.25. The lowest BCUT2D eigenvalue weighted by Gasteiger charge is -2.08. The van der Waals surface area contributed by atoms with E-state index in [0.29, 0.717) is 5.75 Å². The van der Waals surface area contributed by atoms with E-state index in [1.807, 2.05) is 37.6 Å². The first-order valence-electron chi connectivity index (χ1n) is 7.26. The van der Waals surface area contributed by atoms with Crippen LogP contribution in [0.2, 0.25) is 0 Å². The van der Waals surface area contributed by atoms with Gasteiger partial charge in [0, 0.05) is 12.6 Å². The van der Waals surface area contributed by atoms with Gasteiger partial charge in [0.15, 0.2) is 5.82 Å². The zero-order chi connectivity index (χ0) is 19.4. The van der Waals surface area contributed by atoms with Crippen LogP contribution >= 0.6 is 0 Å². The molecule has 1 aromatic carbocycles. The van der Waals surface area contributed by atoms with Crippen LogP contribution < -0.4 is 5.73 Å². The summed E-state index contributed by atoms with van der Waals surface area (Å²) in [5, 5.41) is 25.1. The predicted molar refractivity (Wildman–Crippen MR) is 83.8 cm³/mol. The number of halogens is 3. The Bertz CT molecular complexity index is 742. The molecule has 25 heavy (non-hydrogen) atoms. The highest BCUT2D eigenvalue weighted by Gasteiger charge is 2.38. The highest BCUT2D eigenvalue weighted by atomic mass is 19.4. The Balaban J connectivity index is 0.000000381. The fraction of sp³-hybridized carbons (Fsp3) is 0.400. The molecule has 4 N–H and O–H groups in total. The smallest absolute Gasteiger partial charge is 0.490 e. The van der Waals surface area contributed by atoms with Crippen LogP contribution in [0.25, 0.3) is 11.4 Å². The first kappa shape index (κ1) is 20.4. The van der Waals surface area contributed by atoms with Crippen LogP contribution in [0.5, 0.6) is 5.75 Å². The van der Waals surface area contributed by atoms with Gasteiger partial charge in [0.05, 0.1) is 6.04 Å². The molecule has 1 atom stereocenters. The van der Waals surface area contributed by atoms with Gasteiger partial charge < -0.3 is 20.5 Å². The summed E-state index contributed by atoms with van der Waals surface area (Å²) in [6.07, 6.45) is -4.31. The maximum atomic E-state index is 10.6. The van der Waals surface area contributed by atoms with Crippen LogP contribution in [0.4, 0.5) is 13.2 Å². The number of phenols is 1. The number of aryl methyl sites for hydroxylation is 1. The molecule has 2 rings (SSSR count). The van der Waals surface area contributed by atoms with Gasteiger partial charge in [-0.15, -0.1) is 10.2 Å². The van der Waals surface area contributed by atoms with Crippen molar-refractivity contribution < 1.29 is 28.2 Å². The SMILES string of the molecule is CCc1cc(-c2nnc([C@@H](C)N)n2C)ccc1O.O=C(O)C(F)(F)F. The van der Waals surface area contributed by atoms with E-state index in [9.17, 15) is 18.3 Å². The van der Waals surface area contributed by atoms with Gasteiger partial charge in [0.2, 0.25) is 0 Å². The average Bonchev–Trinajstić information content (AvgIpc) is 2.89. The number of hydrogen-bond donors (Lipinski definition) is 3. The van der Waals surface area contributed by atoms with Crippen molar-refractivity contribution in [2.75, 3.05) is 0 Å². The zero-order valence-corrected chi connectivity index (χ0v) is 13.9. The van der Waals surface area contributed by atoms with Crippen molar-refractivity contribution in [2.45, 2.75) is 32.5 Å². The molecular formula is C15H19F3N4O3. The van der Waals surface area contributed by atoms with Crippen molar-refractivity contribution in [1.82, 2.24) is 14.8 Å². The lowest BCUT2D eigenvalue weighted by Crippen LogP contribution is -2.21. The van der Waals surface area contributed by atoms with Gasteiger partial charge in [0.1, 0.15) is 11.6 Å². The lowest BCUT2D eigenvalue weighted by molar-refractivity contribution is -0.192. The number of rotatable bonds is 3. The minimum absolute atomic E-state index is 0.154. The highest BCUT2D eigenvalue weighted by molar-refractivity contribution is 5.73. The summed E-state index contributed by atoms with van der Waals surface area (Å²) in [6, 6.07) is 5.31. The van der Waals surface area contributed by atoms with Gasteiger partial charge in [-0.1, -0.05) is 6.92 Å². The zero-order valence-electron chi connectivity index (χ0n) is 13.9. The van der Waals surface area contributed by atoms with Crippen molar-refractivity contribution in [2.24, 2.45) is 12.8 Å². The molecule has 0 aliphatic carbocycles. The second-order valence-corrected chi connectivity index (χ2v) is 5.23.